The minimum absolute atomic E-state index is 0.323. The topological polar surface area (TPSA) is 91.3 Å². The third-order valence-corrected chi connectivity index (χ3v) is 1.86. The summed E-state index contributed by atoms with van der Waals surface area (Å²) >= 11 is 0. The Morgan fingerprint density at radius 3 is 2.37 bits per heavy atom. The first-order chi connectivity index (χ1) is 8.54. The van der Waals surface area contributed by atoms with Gasteiger partial charge in [-0.1, -0.05) is 0 Å². The lowest BCUT2D eigenvalue weighted by Gasteiger charge is -2.19. The molecule has 0 aliphatic carbocycles. The van der Waals surface area contributed by atoms with Gasteiger partial charge in [-0.05, 0) is 6.07 Å². The van der Waals surface area contributed by atoms with Crippen LogP contribution in [0.25, 0.3) is 0 Å². The van der Waals surface area contributed by atoms with E-state index >= 15 is 0 Å². The van der Waals surface area contributed by atoms with Gasteiger partial charge in [0.15, 0.2) is 6.61 Å². The quantitative estimate of drug-likeness (QED) is 0.520. The predicted octanol–water partition coefficient (Wildman–Crippen LogP) is 2.15. The Hall–Kier alpha value is -2.20. The van der Waals surface area contributed by atoms with Gasteiger partial charge in [-0.2, -0.15) is 26.9 Å². The van der Waals surface area contributed by atoms with Crippen LogP contribution in [0.1, 0.15) is 0 Å². The molecule has 19 heavy (non-hydrogen) atoms. The van der Waals surface area contributed by atoms with Crippen molar-refractivity contribution in [3.8, 4) is 5.88 Å². The molecule has 0 amide bonds. The summed E-state index contributed by atoms with van der Waals surface area (Å²) in [6, 6.07) is 1.76. The van der Waals surface area contributed by atoms with Crippen LogP contribution in [0, 0.1) is 10.1 Å². The van der Waals surface area contributed by atoms with Crippen LogP contribution < -0.4 is 10.5 Å². The summed E-state index contributed by atoms with van der Waals surface area (Å²) in [4.78, 5) is 12.6. The van der Waals surface area contributed by atoms with Gasteiger partial charge in [-0.15, -0.1) is 0 Å². The Balaban J connectivity index is 2.95. The first-order valence-corrected chi connectivity index (χ1v) is 4.53. The summed E-state index contributed by atoms with van der Waals surface area (Å²) in [6.07, 6.45) is -5.83. The molecule has 0 unspecified atom stereocenters. The van der Waals surface area contributed by atoms with E-state index in [0.717, 1.165) is 12.1 Å². The molecular weight excluding hydrogens is 281 g/mol. The highest BCUT2D eigenvalue weighted by Gasteiger charge is 2.58. The molecule has 106 valence electrons. The molecule has 1 aromatic heterocycles. The van der Waals surface area contributed by atoms with E-state index in [0.29, 0.717) is 0 Å². The molecule has 0 aliphatic heterocycles. The second-order valence-electron chi connectivity index (χ2n) is 3.31. The molecule has 0 saturated heterocycles. The summed E-state index contributed by atoms with van der Waals surface area (Å²) < 4.78 is 64.8. The first-order valence-electron chi connectivity index (χ1n) is 4.53. The molecule has 0 saturated carbocycles. The molecule has 11 heteroatoms. The Kier molecular flexibility index (Phi) is 3.77. The summed E-state index contributed by atoms with van der Waals surface area (Å²) in [5.41, 5.74) is 4.26. The number of nitrogens with zero attached hydrogens (tertiary/aromatic N) is 2. The number of alkyl halides is 5. The van der Waals surface area contributed by atoms with Crippen molar-refractivity contribution in [1.82, 2.24) is 4.98 Å². The van der Waals surface area contributed by atoms with Gasteiger partial charge in [0.1, 0.15) is 5.82 Å². The van der Waals surface area contributed by atoms with Gasteiger partial charge in [0.2, 0.25) is 0 Å². The summed E-state index contributed by atoms with van der Waals surface area (Å²) in [5.74, 6) is -6.49. The molecule has 0 fully saturated rings. The van der Waals surface area contributed by atoms with Crippen LogP contribution in [0.4, 0.5) is 33.5 Å². The Bertz CT molecular complexity index is 491. The van der Waals surface area contributed by atoms with Crippen molar-refractivity contribution in [2.45, 2.75) is 12.1 Å². The number of halogens is 5. The van der Waals surface area contributed by atoms with E-state index in [-0.39, 0.29) is 5.82 Å². The van der Waals surface area contributed by atoms with Gasteiger partial charge in [0.25, 0.3) is 5.88 Å². The van der Waals surface area contributed by atoms with E-state index in [1.807, 2.05) is 0 Å². The van der Waals surface area contributed by atoms with Crippen LogP contribution >= 0.6 is 0 Å². The number of nitrogens with two attached hydrogens (primary N) is 1. The fraction of sp³-hybridized carbons (Fsp3) is 0.375. The molecule has 1 rings (SSSR count). The maximum atomic E-state index is 12.6. The fourth-order valence-corrected chi connectivity index (χ4v) is 0.933. The molecule has 0 atom stereocenters. The number of ether oxygens (including phenoxy) is 1. The van der Waals surface area contributed by atoms with E-state index in [2.05, 4.69) is 9.72 Å². The lowest BCUT2D eigenvalue weighted by Crippen LogP contribution is -2.41. The molecule has 0 aromatic carbocycles. The van der Waals surface area contributed by atoms with Crippen molar-refractivity contribution in [2.24, 2.45) is 0 Å². The average Bonchev–Trinajstić information content (AvgIpc) is 2.24. The summed E-state index contributed by atoms with van der Waals surface area (Å²) in [5, 5.41) is 10.5. The number of aromatic nitrogens is 1. The molecule has 6 nitrogen and oxygen atoms in total. The third kappa shape index (κ3) is 3.39. The van der Waals surface area contributed by atoms with Crippen molar-refractivity contribution < 1.29 is 31.6 Å². The first kappa shape index (κ1) is 14.9. The molecule has 0 radical (unpaired) electrons. The summed E-state index contributed by atoms with van der Waals surface area (Å²) in [6.45, 7) is -2.13. The number of hydrogen-bond donors (Lipinski definition) is 1. The van der Waals surface area contributed by atoms with Crippen LogP contribution in [0.3, 0.4) is 0 Å². The second kappa shape index (κ2) is 4.82. The van der Waals surface area contributed by atoms with E-state index < -0.39 is 35.2 Å². The highest BCUT2D eigenvalue weighted by Crippen LogP contribution is 2.36. The van der Waals surface area contributed by atoms with Crippen LogP contribution in [-0.2, 0) is 0 Å². The average molecular weight is 287 g/mol. The SMILES string of the molecule is Nc1ccc([N+](=O)[O-])c(OCC(F)(F)C(F)(F)F)n1. The minimum Gasteiger partial charge on any atom is -0.466 e. The molecular formula is C8H6F5N3O3. The van der Waals surface area contributed by atoms with Gasteiger partial charge >= 0.3 is 17.8 Å². The van der Waals surface area contributed by atoms with Crippen molar-refractivity contribution in [3.05, 3.63) is 22.2 Å². The number of nitrogen functional groups attached to an aromatic ring is 1. The van der Waals surface area contributed by atoms with Gasteiger partial charge in [-0.25, -0.2) is 0 Å². The van der Waals surface area contributed by atoms with Crippen LogP contribution in [0.15, 0.2) is 12.1 Å². The van der Waals surface area contributed by atoms with Crippen molar-refractivity contribution in [1.29, 1.82) is 0 Å². The second-order valence-corrected chi connectivity index (χ2v) is 3.31. The Labute approximate surface area is 102 Å². The van der Waals surface area contributed by atoms with E-state index in [1.165, 1.54) is 0 Å². The van der Waals surface area contributed by atoms with Gasteiger partial charge in [0.05, 0.1) is 4.92 Å². The van der Waals surface area contributed by atoms with Crippen molar-refractivity contribution >= 4 is 11.5 Å². The third-order valence-electron chi connectivity index (χ3n) is 1.86. The maximum absolute atomic E-state index is 12.6. The highest BCUT2D eigenvalue weighted by atomic mass is 19.4. The van der Waals surface area contributed by atoms with Crippen LogP contribution in [-0.4, -0.2) is 28.6 Å². The van der Waals surface area contributed by atoms with Gasteiger partial charge in [0, 0.05) is 6.07 Å². The standard InChI is InChI=1S/C8H6F5N3O3/c9-7(10,8(11,12)13)3-19-6-4(16(17)18)1-2-5(14)15-6/h1-2H,3H2,(H2,14,15). The zero-order valence-corrected chi connectivity index (χ0v) is 8.95. The normalized spacial score (nSPS) is 12.3. The van der Waals surface area contributed by atoms with E-state index in [4.69, 9.17) is 5.73 Å². The number of nitro groups is 1. The largest absolute Gasteiger partial charge is 0.466 e. The monoisotopic (exact) mass is 287 g/mol. The molecule has 1 aromatic rings. The van der Waals surface area contributed by atoms with Crippen LogP contribution in [0.5, 0.6) is 5.88 Å². The zero-order valence-electron chi connectivity index (χ0n) is 8.95. The maximum Gasteiger partial charge on any atom is 0.456 e. The molecule has 0 aliphatic rings. The lowest BCUT2D eigenvalue weighted by atomic mass is 10.3. The van der Waals surface area contributed by atoms with Crippen molar-refractivity contribution in [2.75, 3.05) is 12.3 Å². The van der Waals surface area contributed by atoms with E-state index in [9.17, 15) is 32.1 Å². The van der Waals surface area contributed by atoms with Crippen LogP contribution in [0.2, 0.25) is 0 Å². The number of rotatable bonds is 4. The highest BCUT2D eigenvalue weighted by molar-refractivity contribution is 5.46. The number of anilines is 1. The smallest absolute Gasteiger partial charge is 0.456 e. The predicted molar refractivity (Wildman–Crippen MR) is 51.8 cm³/mol. The molecule has 1 heterocycles. The Morgan fingerprint density at radius 2 is 1.89 bits per heavy atom. The number of hydrogen-bond acceptors (Lipinski definition) is 5. The fourth-order valence-electron chi connectivity index (χ4n) is 0.933. The Morgan fingerprint density at radius 1 is 1.32 bits per heavy atom. The molecule has 2 N–H and O–H groups in total. The molecule has 0 bridgehead atoms. The zero-order chi connectivity index (χ0) is 14.8. The lowest BCUT2D eigenvalue weighted by molar-refractivity contribution is -0.386. The summed E-state index contributed by atoms with van der Waals surface area (Å²) in [7, 11) is 0. The van der Waals surface area contributed by atoms with Gasteiger partial charge < -0.3 is 10.5 Å². The minimum atomic E-state index is -5.83. The molecule has 0 spiro atoms. The van der Waals surface area contributed by atoms with Crippen molar-refractivity contribution in [3.63, 3.8) is 0 Å². The van der Waals surface area contributed by atoms with E-state index in [1.54, 1.807) is 0 Å². The van der Waals surface area contributed by atoms with Gasteiger partial charge in [-0.3, -0.25) is 10.1 Å². The number of pyridine rings is 1.